The summed E-state index contributed by atoms with van der Waals surface area (Å²) in [5.41, 5.74) is 0.715. The second kappa shape index (κ2) is 9.16. The first-order valence-corrected chi connectivity index (χ1v) is 7.65. The lowest BCUT2D eigenvalue weighted by molar-refractivity contribution is -0.138. The molecule has 0 aliphatic carbocycles. The predicted octanol–water partition coefficient (Wildman–Crippen LogP) is 3.19. The molecule has 1 rings (SSSR count). The zero-order valence-electron chi connectivity index (χ0n) is 12.8. The maximum absolute atomic E-state index is 12.1. The van der Waals surface area contributed by atoms with Gasteiger partial charge in [-0.05, 0) is 18.4 Å². The Kier molecular flexibility index (Phi) is 7.51. The summed E-state index contributed by atoms with van der Waals surface area (Å²) in [5.74, 6) is -1.66. The first kappa shape index (κ1) is 17.2. The molecule has 0 heterocycles. The Bertz CT molecular complexity index is 445. The van der Waals surface area contributed by atoms with Crippen molar-refractivity contribution in [2.45, 2.75) is 45.4 Å². The second-order valence-electron chi connectivity index (χ2n) is 5.29. The fourth-order valence-electron chi connectivity index (χ4n) is 2.35. The smallest absolute Gasteiger partial charge is 0.312 e. The van der Waals surface area contributed by atoms with Crippen LogP contribution >= 0.6 is 0 Å². The van der Waals surface area contributed by atoms with Crippen LogP contribution in [0.4, 0.5) is 0 Å². The van der Waals surface area contributed by atoms with E-state index in [0.717, 1.165) is 25.7 Å². The lowest BCUT2D eigenvalue weighted by atomic mass is 9.96. The standard InChI is InChI=1S/C17H25NO3/c1-3-5-9-13(4-2)16(19)18-12-15(17(20)21)14-10-7-6-8-11-14/h6-8,10-11,13,15H,3-5,9,12H2,1-2H3,(H,18,19)(H,20,21). The molecule has 0 radical (unpaired) electrons. The van der Waals surface area contributed by atoms with Crippen LogP contribution in [0, 0.1) is 5.92 Å². The number of unbranched alkanes of at least 4 members (excludes halogenated alkanes) is 1. The Morgan fingerprint density at radius 1 is 1.19 bits per heavy atom. The predicted molar refractivity (Wildman–Crippen MR) is 83.1 cm³/mol. The third-order valence-corrected chi connectivity index (χ3v) is 3.75. The maximum atomic E-state index is 12.1. The Balaban J connectivity index is 2.61. The monoisotopic (exact) mass is 291 g/mol. The van der Waals surface area contributed by atoms with Crippen molar-refractivity contribution >= 4 is 11.9 Å². The van der Waals surface area contributed by atoms with E-state index in [4.69, 9.17) is 0 Å². The third-order valence-electron chi connectivity index (χ3n) is 3.75. The number of carbonyl (C=O) groups is 2. The van der Waals surface area contributed by atoms with Crippen molar-refractivity contribution in [1.82, 2.24) is 5.32 Å². The molecule has 0 fully saturated rings. The van der Waals surface area contributed by atoms with Crippen molar-refractivity contribution in [3.05, 3.63) is 35.9 Å². The minimum Gasteiger partial charge on any atom is -0.481 e. The van der Waals surface area contributed by atoms with Gasteiger partial charge in [-0.25, -0.2) is 0 Å². The van der Waals surface area contributed by atoms with Gasteiger partial charge in [0.1, 0.15) is 0 Å². The number of carboxylic acid groups (broad SMARTS) is 1. The summed E-state index contributed by atoms with van der Waals surface area (Å²) in [6.07, 6.45) is 3.73. The lowest BCUT2D eigenvalue weighted by Crippen LogP contribution is -2.35. The summed E-state index contributed by atoms with van der Waals surface area (Å²) in [7, 11) is 0. The van der Waals surface area contributed by atoms with Gasteiger partial charge in [-0.15, -0.1) is 0 Å². The van der Waals surface area contributed by atoms with Gasteiger partial charge in [-0.2, -0.15) is 0 Å². The lowest BCUT2D eigenvalue weighted by Gasteiger charge is -2.18. The van der Waals surface area contributed by atoms with Crippen LogP contribution in [0.15, 0.2) is 30.3 Å². The Labute approximate surface area is 126 Å². The Morgan fingerprint density at radius 3 is 2.38 bits per heavy atom. The number of carboxylic acids is 1. The van der Waals surface area contributed by atoms with E-state index in [-0.39, 0.29) is 18.4 Å². The van der Waals surface area contributed by atoms with E-state index in [2.05, 4.69) is 12.2 Å². The van der Waals surface area contributed by atoms with Crippen LogP contribution in [-0.2, 0) is 9.59 Å². The normalized spacial score (nSPS) is 13.4. The van der Waals surface area contributed by atoms with Crippen LogP contribution in [0.1, 0.15) is 51.0 Å². The molecule has 2 N–H and O–H groups in total. The number of carbonyl (C=O) groups excluding carboxylic acids is 1. The molecule has 0 saturated heterocycles. The number of hydrogen-bond donors (Lipinski definition) is 2. The summed E-state index contributed by atoms with van der Waals surface area (Å²) in [6.45, 7) is 4.23. The van der Waals surface area contributed by atoms with Gasteiger partial charge in [0.15, 0.2) is 0 Å². The molecule has 116 valence electrons. The Hall–Kier alpha value is -1.84. The molecule has 1 amide bonds. The summed E-state index contributed by atoms with van der Waals surface area (Å²) in [4.78, 5) is 23.5. The summed E-state index contributed by atoms with van der Waals surface area (Å²) in [6, 6.07) is 9.02. The molecule has 0 aliphatic rings. The summed E-state index contributed by atoms with van der Waals surface area (Å²) >= 11 is 0. The molecule has 2 atom stereocenters. The molecule has 0 aliphatic heterocycles. The first-order chi connectivity index (χ1) is 10.1. The van der Waals surface area contributed by atoms with E-state index in [0.29, 0.717) is 5.56 Å². The van der Waals surface area contributed by atoms with Crippen molar-refractivity contribution < 1.29 is 14.7 Å². The molecular formula is C17H25NO3. The molecule has 1 aromatic carbocycles. The molecule has 0 saturated carbocycles. The highest BCUT2D eigenvalue weighted by atomic mass is 16.4. The van der Waals surface area contributed by atoms with Crippen molar-refractivity contribution in [3.8, 4) is 0 Å². The fraction of sp³-hybridized carbons (Fsp3) is 0.529. The van der Waals surface area contributed by atoms with Crippen molar-refractivity contribution in [2.75, 3.05) is 6.54 Å². The molecule has 1 aromatic rings. The van der Waals surface area contributed by atoms with Crippen molar-refractivity contribution in [3.63, 3.8) is 0 Å². The van der Waals surface area contributed by atoms with Crippen LogP contribution in [0.3, 0.4) is 0 Å². The van der Waals surface area contributed by atoms with Gasteiger partial charge in [0, 0.05) is 12.5 Å². The maximum Gasteiger partial charge on any atom is 0.312 e. The van der Waals surface area contributed by atoms with Crippen molar-refractivity contribution in [2.24, 2.45) is 5.92 Å². The van der Waals surface area contributed by atoms with Gasteiger partial charge in [-0.3, -0.25) is 9.59 Å². The molecule has 21 heavy (non-hydrogen) atoms. The average molecular weight is 291 g/mol. The Morgan fingerprint density at radius 2 is 1.86 bits per heavy atom. The van der Waals surface area contributed by atoms with E-state index < -0.39 is 11.9 Å². The molecule has 4 heteroatoms. The van der Waals surface area contributed by atoms with Crippen LogP contribution in [0.25, 0.3) is 0 Å². The quantitative estimate of drug-likeness (QED) is 0.734. The number of rotatable bonds is 9. The summed E-state index contributed by atoms with van der Waals surface area (Å²) in [5, 5.41) is 12.1. The van der Waals surface area contributed by atoms with Gasteiger partial charge in [-0.1, -0.05) is 57.0 Å². The molecule has 2 unspecified atom stereocenters. The van der Waals surface area contributed by atoms with Crippen LogP contribution in [0.2, 0.25) is 0 Å². The van der Waals surface area contributed by atoms with Gasteiger partial charge in [0.05, 0.1) is 5.92 Å². The van der Waals surface area contributed by atoms with E-state index in [9.17, 15) is 14.7 Å². The largest absolute Gasteiger partial charge is 0.481 e. The van der Waals surface area contributed by atoms with E-state index in [1.807, 2.05) is 25.1 Å². The van der Waals surface area contributed by atoms with E-state index >= 15 is 0 Å². The molecular weight excluding hydrogens is 266 g/mol. The molecule has 0 bridgehead atoms. The highest BCUT2D eigenvalue weighted by Gasteiger charge is 2.22. The third kappa shape index (κ3) is 5.58. The average Bonchev–Trinajstić information content (AvgIpc) is 2.49. The van der Waals surface area contributed by atoms with Crippen molar-refractivity contribution in [1.29, 1.82) is 0 Å². The van der Waals surface area contributed by atoms with Gasteiger partial charge in [0.25, 0.3) is 0 Å². The fourth-order valence-corrected chi connectivity index (χ4v) is 2.35. The zero-order chi connectivity index (χ0) is 15.7. The first-order valence-electron chi connectivity index (χ1n) is 7.65. The topological polar surface area (TPSA) is 66.4 Å². The van der Waals surface area contributed by atoms with Crippen LogP contribution in [0.5, 0.6) is 0 Å². The second-order valence-corrected chi connectivity index (χ2v) is 5.29. The number of nitrogens with one attached hydrogen (secondary N) is 1. The van der Waals surface area contributed by atoms with Gasteiger partial charge >= 0.3 is 5.97 Å². The number of aliphatic carboxylic acids is 1. The van der Waals surface area contributed by atoms with Gasteiger partial charge < -0.3 is 10.4 Å². The minimum atomic E-state index is -0.914. The van der Waals surface area contributed by atoms with Gasteiger partial charge in [0.2, 0.25) is 5.91 Å². The SMILES string of the molecule is CCCCC(CC)C(=O)NCC(C(=O)O)c1ccccc1. The molecule has 0 spiro atoms. The van der Waals surface area contributed by atoms with E-state index in [1.54, 1.807) is 12.1 Å². The van der Waals surface area contributed by atoms with E-state index in [1.165, 1.54) is 0 Å². The number of benzene rings is 1. The highest BCUT2D eigenvalue weighted by Crippen LogP contribution is 2.16. The summed E-state index contributed by atoms with van der Waals surface area (Å²) < 4.78 is 0. The number of amides is 1. The molecule has 0 aromatic heterocycles. The van der Waals surface area contributed by atoms with Crippen LogP contribution in [-0.4, -0.2) is 23.5 Å². The zero-order valence-corrected chi connectivity index (χ0v) is 12.8. The molecule has 4 nitrogen and oxygen atoms in total. The number of hydrogen-bond acceptors (Lipinski definition) is 2. The highest BCUT2D eigenvalue weighted by molar-refractivity contribution is 5.81. The minimum absolute atomic E-state index is 0.0184. The van der Waals surface area contributed by atoms with Crippen LogP contribution < -0.4 is 5.32 Å².